The molecule has 0 saturated carbocycles. The van der Waals surface area contributed by atoms with Crippen LogP contribution in [-0.2, 0) is 0 Å². The maximum absolute atomic E-state index is 1.44. The first-order valence-electron chi connectivity index (χ1n) is 2.00. The fourth-order valence-electron chi connectivity index (χ4n) is 0. The molecule has 11 heavy (non-hydrogen) atoms. The van der Waals surface area contributed by atoms with Gasteiger partial charge in [-0.15, -0.1) is 0 Å². The summed E-state index contributed by atoms with van der Waals surface area (Å²) >= 11 is 5.78. The normalized spacial score (nSPS) is 1.45. The summed E-state index contributed by atoms with van der Waals surface area (Å²) in [6.45, 7) is 0. The zero-order valence-electron chi connectivity index (χ0n) is 10.0. The molecule has 0 aliphatic heterocycles. The van der Waals surface area contributed by atoms with Crippen LogP contribution in [-0.4, -0.2) is 157 Å². The van der Waals surface area contributed by atoms with Gasteiger partial charge in [0.2, 0.25) is 0 Å². The van der Waals surface area contributed by atoms with Crippen molar-refractivity contribution < 1.29 is 93.0 Å². The molecule has 0 rings (SSSR count). The third-order valence-electron chi connectivity index (χ3n) is 0. The van der Waals surface area contributed by atoms with E-state index in [1.54, 1.807) is 0 Å². The van der Waals surface area contributed by atoms with E-state index in [1.807, 2.05) is 0 Å². The minimum absolute atomic E-state index is 0. The van der Waals surface area contributed by atoms with E-state index in [0.717, 1.165) is 0 Å². The van der Waals surface area contributed by atoms with Crippen molar-refractivity contribution in [2.24, 2.45) is 0 Å². The molecule has 0 nitrogen and oxygen atoms in total. The Kier molecular flexibility index (Phi) is 408. The Hall–Kier alpha value is 9.13. The third-order valence-corrected chi connectivity index (χ3v) is 0. The molecule has 0 aliphatic carbocycles. The van der Waals surface area contributed by atoms with Gasteiger partial charge < -0.3 is 4.28 Å². The molecule has 0 fully saturated rings. The van der Waals surface area contributed by atoms with Gasteiger partial charge in [-0.1, -0.05) is 0 Å². The number of hydrogen-bond acceptors (Lipinski definition) is 0. The van der Waals surface area contributed by atoms with E-state index >= 15 is 0 Å². The summed E-state index contributed by atoms with van der Waals surface area (Å²) in [4.78, 5) is 0. The first-order valence-corrected chi connectivity index (χ1v) is 18.0. The second kappa shape index (κ2) is 75.4. The van der Waals surface area contributed by atoms with Crippen molar-refractivity contribution in [2.45, 2.75) is 0 Å². The Morgan fingerprint density at radius 2 is 0.455 bits per heavy atom. The molecule has 0 N–H and O–H groups in total. The van der Waals surface area contributed by atoms with Gasteiger partial charge >= 0.3 is 176 Å². The molecule has 0 aromatic heterocycles. The summed E-state index contributed by atoms with van der Waals surface area (Å²) in [5.41, 5.74) is 0. The second-order valence-electron chi connectivity index (χ2n) is 0. The van der Waals surface area contributed by atoms with Gasteiger partial charge in [0.15, 0.2) is 69.4 Å². The fourth-order valence-corrected chi connectivity index (χ4v) is 0. The molecule has 0 radical (unpaired) electrons. The molecule has 0 unspecified atom stereocenters. The van der Waals surface area contributed by atoms with E-state index in [-0.39, 0.29) is 162 Å². The standard InChI is InChI=1S/4Al.7Na.15H/q;;;;;;;;3*+1;;;;;;;;;;;;;3*-1. The van der Waals surface area contributed by atoms with Crippen LogP contribution >= 0.6 is 0 Å². The van der Waals surface area contributed by atoms with Gasteiger partial charge in [0.1, 0.15) is 0 Å². The predicted octanol–water partition coefficient (Wildman–Crippen LogP) is -14.9. The topological polar surface area (TPSA) is 0 Å². The molecule has 0 heterocycles. The second-order valence-corrected chi connectivity index (χ2v) is 0. The average Bonchev–Trinajstić information content (AvgIpc) is 1.50. The van der Waals surface area contributed by atoms with E-state index in [9.17, 15) is 0 Å². The van der Waals surface area contributed by atoms with Crippen LogP contribution in [0.5, 0.6) is 0 Å². The summed E-state index contributed by atoms with van der Waals surface area (Å²) in [7, 11) is 0. The molecule has 0 aromatic carbocycles. The van der Waals surface area contributed by atoms with E-state index in [2.05, 4.69) is 0 Å². The molecule has 0 aliphatic rings. The molecule has 34 valence electrons. The van der Waals surface area contributed by atoms with Crippen LogP contribution in [0.25, 0.3) is 0 Å². The summed E-state index contributed by atoms with van der Waals surface area (Å²) in [6.07, 6.45) is 0. The van der Waals surface area contributed by atoms with Crippen molar-refractivity contribution in [3.05, 3.63) is 0 Å². The Morgan fingerprint density at radius 1 is 0.455 bits per heavy atom. The van der Waals surface area contributed by atoms with Gasteiger partial charge in [-0.25, -0.2) is 0 Å². The zero-order chi connectivity index (χ0) is 4.00. The fraction of sp³-hybridized carbons (Fsp3) is 0. The molecule has 11 heteroatoms. The van der Waals surface area contributed by atoms with Crippen LogP contribution in [0.1, 0.15) is 4.28 Å². The summed E-state index contributed by atoms with van der Waals surface area (Å²) in [5, 5.41) is 0. The molecule has 0 atom stereocenters. The Morgan fingerprint density at radius 3 is 0.455 bits per heavy atom. The van der Waals surface area contributed by atoms with E-state index < -0.39 is 0 Å². The SMILES string of the molecule is [AlH3].[AlH3].[AlH3].[AlH3].[H-].[H-].[H-].[Na+].[Na+].[Na+].[Na][Na].[Na][Na]. The van der Waals surface area contributed by atoms with E-state index in [4.69, 9.17) is 0 Å². The van der Waals surface area contributed by atoms with Crippen molar-refractivity contribution in [1.29, 1.82) is 0 Å². The Bertz CT molecular complexity index is 20.9. The van der Waals surface area contributed by atoms with Gasteiger partial charge in [0.05, 0.1) is 0 Å². The van der Waals surface area contributed by atoms with E-state index in [0.29, 0.717) is 0 Å². The number of hydrogen-bond donors (Lipinski definition) is 0. The average molecular weight is 284 g/mol. The van der Waals surface area contributed by atoms with Crippen molar-refractivity contribution in [1.82, 2.24) is 0 Å². The first kappa shape index (κ1) is 59.5. The van der Waals surface area contributed by atoms with Crippen molar-refractivity contribution in [3.63, 3.8) is 0 Å². The zero-order valence-corrected chi connectivity index (χ0v) is 21.0. The van der Waals surface area contributed by atoms with Gasteiger partial charge in [0, 0.05) is 0 Å². The monoisotopic (exact) mass is 284 g/mol. The van der Waals surface area contributed by atoms with Crippen molar-refractivity contribution >= 4 is 157 Å². The molecule has 0 amide bonds. The minimum atomic E-state index is 0. The van der Waals surface area contributed by atoms with Crippen LogP contribution < -0.4 is 88.7 Å². The Balaban J connectivity index is -0.000000000333. The van der Waals surface area contributed by atoms with E-state index in [1.165, 1.54) is 87.2 Å². The molecule has 0 saturated heterocycles. The summed E-state index contributed by atoms with van der Waals surface area (Å²) in [6, 6.07) is 0. The van der Waals surface area contributed by atoms with Crippen molar-refractivity contribution in [2.75, 3.05) is 0 Å². The van der Waals surface area contributed by atoms with Crippen LogP contribution in [0.15, 0.2) is 0 Å². The molecule has 0 bridgehead atoms. The van der Waals surface area contributed by atoms with Gasteiger partial charge in [0.25, 0.3) is 0 Å². The number of rotatable bonds is 0. The van der Waals surface area contributed by atoms with Crippen LogP contribution in [0.4, 0.5) is 0 Å². The quantitative estimate of drug-likeness (QED) is 0.388. The summed E-state index contributed by atoms with van der Waals surface area (Å²) < 4.78 is 0. The van der Waals surface area contributed by atoms with Gasteiger partial charge in [-0.05, 0) is 0 Å². The Labute approximate surface area is 241 Å². The van der Waals surface area contributed by atoms with Gasteiger partial charge in [-0.2, -0.15) is 0 Å². The first-order chi connectivity index (χ1) is 2.00. The third kappa shape index (κ3) is 67.3. The van der Waals surface area contributed by atoms with Crippen LogP contribution in [0.2, 0.25) is 0 Å². The summed E-state index contributed by atoms with van der Waals surface area (Å²) in [5.74, 6) is 0. The molecular weight excluding hydrogens is 269 g/mol. The predicted molar refractivity (Wildman–Crippen MR) is 66.1 cm³/mol. The van der Waals surface area contributed by atoms with Gasteiger partial charge in [-0.3, -0.25) is 0 Å². The van der Waals surface area contributed by atoms with Crippen LogP contribution in [0, 0.1) is 0 Å². The van der Waals surface area contributed by atoms with Crippen LogP contribution in [0.3, 0.4) is 0 Å². The maximum atomic E-state index is 1.44. The van der Waals surface area contributed by atoms with Crippen molar-refractivity contribution in [3.8, 4) is 0 Å². The molecular formula is H15Al4Na7. The molecule has 0 aromatic rings. The molecule has 0 spiro atoms.